The highest BCUT2D eigenvalue weighted by atomic mass is 16.1. The summed E-state index contributed by atoms with van der Waals surface area (Å²) >= 11 is 0. The maximum atomic E-state index is 11.1. The van der Waals surface area contributed by atoms with Crippen molar-refractivity contribution in [2.24, 2.45) is 5.73 Å². The van der Waals surface area contributed by atoms with Crippen LogP contribution in [-0.2, 0) is 4.79 Å². The number of amides is 1. The smallest absolute Gasteiger partial charge is 0.235 e. The number of rotatable bonds is 3. The first kappa shape index (κ1) is 11.0. The average molecular weight is 195 g/mol. The normalized spacial score (nSPS) is 21.4. The Bertz CT molecular complexity index is 238. The van der Waals surface area contributed by atoms with E-state index in [-0.39, 0.29) is 11.9 Å². The molecule has 4 heteroatoms. The standard InChI is InChI=1S/C10H17N3O/c1-3-4-9(10(11)14)13-7-5-12(2)6-8-13/h1,9H,4-8H2,2H3,(H2,11,14). The Hall–Kier alpha value is -1.05. The first-order chi connectivity index (χ1) is 6.65. The lowest BCUT2D eigenvalue weighted by Gasteiger charge is -2.35. The Labute approximate surface area is 85.0 Å². The van der Waals surface area contributed by atoms with Crippen molar-refractivity contribution in [3.63, 3.8) is 0 Å². The molecule has 1 aliphatic heterocycles. The van der Waals surface area contributed by atoms with E-state index in [2.05, 4.69) is 22.8 Å². The molecule has 0 radical (unpaired) electrons. The van der Waals surface area contributed by atoms with Crippen molar-refractivity contribution < 1.29 is 4.79 Å². The minimum Gasteiger partial charge on any atom is -0.368 e. The van der Waals surface area contributed by atoms with Gasteiger partial charge in [-0.2, -0.15) is 0 Å². The number of nitrogens with zero attached hydrogens (tertiary/aromatic N) is 2. The molecule has 0 aromatic rings. The van der Waals surface area contributed by atoms with Crippen LogP contribution in [0, 0.1) is 12.3 Å². The number of carbonyl (C=O) groups is 1. The van der Waals surface area contributed by atoms with Crippen LogP contribution in [0.2, 0.25) is 0 Å². The van der Waals surface area contributed by atoms with E-state index in [1.165, 1.54) is 0 Å². The molecule has 0 aromatic heterocycles. The lowest BCUT2D eigenvalue weighted by atomic mass is 10.1. The second-order valence-electron chi connectivity index (χ2n) is 3.67. The van der Waals surface area contributed by atoms with E-state index in [1.807, 2.05) is 0 Å². The zero-order chi connectivity index (χ0) is 10.6. The van der Waals surface area contributed by atoms with Gasteiger partial charge in [-0.25, -0.2) is 0 Å². The van der Waals surface area contributed by atoms with Crippen molar-refractivity contribution in [3.8, 4) is 12.3 Å². The van der Waals surface area contributed by atoms with E-state index in [9.17, 15) is 4.79 Å². The first-order valence-electron chi connectivity index (χ1n) is 4.80. The van der Waals surface area contributed by atoms with E-state index < -0.39 is 0 Å². The molecule has 1 unspecified atom stereocenters. The van der Waals surface area contributed by atoms with Crippen LogP contribution >= 0.6 is 0 Å². The van der Waals surface area contributed by atoms with Gasteiger partial charge in [-0.1, -0.05) is 0 Å². The zero-order valence-electron chi connectivity index (χ0n) is 8.57. The molecule has 1 saturated heterocycles. The van der Waals surface area contributed by atoms with Gasteiger partial charge in [0.2, 0.25) is 5.91 Å². The van der Waals surface area contributed by atoms with Gasteiger partial charge in [0, 0.05) is 32.6 Å². The fourth-order valence-electron chi connectivity index (χ4n) is 1.65. The number of hydrogen-bond acceptors (Lipinski definition) is 3. The summed E-state index contributed by atoms with van der Waals surface area (Å²) in [6.45, 7) is 3.67. The maximum Gasteiger partial charge on any atom is 0.235 e. The van der Waals surface area contributed by atoms with Crippen LogP contribution in [0.3, 0.4) is 0 Å². The van der Waals surface area contributed by atoms with Crippen LogP contribution in [0.5, 0.6) is 0 Å². The van der Waals surface area contributed by atoms with Gasteiger partial charge in [0.1, 0.15) is 6.04 Å². The molecule has 1 heterocycles. The monoisotopic (exact) mass is 195 g/mol. The Kier molecular flexibility index (Phi) is 3.93. The van der Waals surface area contributed by atoms with Crippen molar-refractivity contribution in [1.29, 1.82) is 0 Å². The molecule has 0 aromatic carbocycles. The number of primary amides is 1. The van der Waals surface area contributed by atoms with Gasteiger partial charge in [-0.15, -0.1) is 12.3 Å². The molecule has 1 fully saturated rings. The zero-order valence-corrected chi connectivity index (χ0v) is 8.57. The summed E-state index contributed by atoms with van der Waals surface area (Å²) in [7, 11) is 2.07. The summed E-state index contributed by atoms with van der Waals surface area (Å²) in [6, 6.07) is -0.284. The van der Waals surface area contributed by atoms with Crippen LogP contribution in [0.25, 0.3) is 0 Å². The van der Waals surface area contributed by atoms with E-state index in [0.29, 0.717) is 6.42 Å². The number of piperazine rings is 1. The molecular weight excluding hydrogens is 178 g/mol. The van der Waals surface area contributed by atoms with E-state index in [0.717, 1.165) is 26.2 Å². The quantitative estimate of drug-likeness (QED) is 0.594. The number of hydrogen-bond donors (Lipinski definition) is 1. The van der Waals surface area contributed by atoms with E-state index in [1.54, 1.807) is 0 Å². The van der Waals surface area contributed by atoms with E-state index in [4.69, 9.17) is 12.2 Å². The lowest BCUT2D eigenvalue weighted by molar-refractivity contribution is -0.123. The van der Waals surface area contributed by atoms with Gasteiger partial charge < -0.3 is 10.6 Å². The molecule has 2 N–H and O–H groups in total. The number of likely N-dealkylation sites (N-methyl/N-ethyl adjacent to an activating group) is 1. The Balaban J connectivity index is 2.52. The Morgan fingerprint density at radius 3 is 2.50 bits per heavy atom. The molecule has 1 aliphatic rings. The van der Waals surface area contributed by atoms with Crippen molar-refractivity contribution in [2.45, 2.75) is 12.5 Å². The molecule has 0 aliphatic carbocycles. The molecule has 1 rings (SSSR count). The molecular formula is C10H17N3O. The van der Waals surface area contributed by atoms with Gasteiger partial charge in [0.25, 0.3) is 0 Å². The largest absolute Gasteiger partial charge is 0.368 e. The summed E-state index contributed by atoms with van der Waals surface area (Å²) in [5, 5.41) is 0. The summed E-state index contributed by atoms with van der Waals surface area (Å²) in [4.78, 5) is 15.4. The third-order valence-corrected chi connectivity index (χ3v) is 2.62. The highest BCUT2D eigenvalue weighted by Crippen LogP contribution is 2.07. The van der Waals surface area contributed by atoms with Crippen LogP contribution in [0.4, 0.5) is 0 Å². The predicted octanol–water partition coefficient (Wildman–Crippen LogP) is -0.889. The van der Waals surface area contributed by atoms with Gasteiger partial charge in [-0.05, 0) is 7.05 Å². The van der Waals surface area contributed by atoms with Crippen LogP contribution in [0.1, 0.15) is 6.42 Å². The highest BCUT2D eigenvalue weighted by Gasteiger charge is 2.25. The van der Waals surface area contributed by atoms with Gasteiger partial charge in [0.05, 0.1) is 0 Å². The minimum atomic E-state index is -0.312. The molecule has 14 heavy (non-hydrogen) atoms. The topological polar surface area (TPSA) is 49.6 Å². The third kappa shape index (κ3) is 2.72. The fourth-order valence-corrected chi connectivity index (χ4v) is 1.65. The van der Waals surface area contributed by atoms with Gasteiger partial charge in [0.15, 0.2) is 0 Å². The second kappa shape index (κ2) is 4.99. The fraction of sp³-hybridized carbons (Fsp3) is 0.700. The highest BCUT2D eigenvalue weighted by molar-refractivity contribution is 5.80. The molecule has 0 bridgehead atoms. The van der Waals surface area contributed by atoms with Crippen molar-refractivity contribution in [2.75, 3.05) is 33.2 Å². The molecule has 1 amide bonds. The maximum absolute atomic E-state index is 11.1. The van der Waals surface area contributed by atoms with Crippen molar-refractivity contribution in [1.82, 2.24) is 9.80 Å². The minimum absolute atomic E-state index is 0.284. The molecule has 78 valence electrons. The molecule has 0 saturated carbocycles. The lowest BCUT2D eigenvalue weighted by Crippen LogP contribution is -2.53. The average Bonchev–Trinajstić information content (AvgIpc) is 2.15. The number of carbonyl (C=O) groups excluding carboxylic acids is 1. The summed E-state index contributed by atoms with van der Waals surface area (Å²) in [5.41, 5.74) is 5.30. The summed E-state index contributed by atoms with van der Waals surface area (Å²) < 4.78 is 0. The second-order valence-corrected chi connectivity index (χ2v) is 3.67. The molecule has 0 spiro atoms. The van der Waals surface area contributed by atoms with Crippen LogP contribution < -0.4 is 5.73 Å². The predicted molar refractivity (Wildman–Crippen MR) is 55.5 cm³/mol. The third-order valence-electron chi connectivity index (χ3n) is 2.62. The summed E-state index contributed by atoms with van der Waals surface area (Å²) in [6.07, 6.45) is 5.62. The van der Waals surface area contributed by atoms with E-state index >= 15 is 0 Å². The summed E-state index contributed by atoms with van der Waals surface area (Å²) in [5.74, 6) is 2.19. The van der Waals surface area contributed by atoms with Crippen molar-refractivity contribution >= 4 is 5.91 Å². The molecule has 4 nitrogen and oxygen atoms in total. The van der Waals surface area contributed by atoms with Gasteiger partial charge in [-0.3, -0.25) is 9.69 Å². The number of nitrogens with two attached hydrogens (primary N) is 1. The Morgan fingerprint density at radius 2 is 2.07 bits per heavy atom. The van der Waals surface area contributed by atoms with Crippen LogP contribution in [-0.4, -0.2) is 55.0 Å². The SMILES string of the molecule is C#CCC(C(N)=O)N1CCN(C)CC1. The Morgan fingerprint density at radius 1 is 1.50 bits per heavy atom. The number of terminal acetylenes is 1. The first-order valence-corrected chi connectivity index (χ1v) is 4.80. The van der Waals surface area contributed by atoms with Crippen LogP contribution in [0.15, 0.2) is 0 Å². The molecule has 1 atom stereocenters. The van der Waals surface area contributed by atoms with Crippen molar-refractivity contribution in [3.05, 3.63) is 0 Å². The van der Waals surface area contributed by atoms with Gasteiger partial charge >= 0.3 is 0 Å².